The lowest BCUT2D eigenvalue weighted by atomic mass is 10.1. The summed E-state index contributed by atoms with van der Waals surface area (Å²) >= 11 is 1.67. The van der Waals surface area contributed by atoms with Crippen molar-refractivity contribution in [2.45, 2.75) is 10.9 Å². The number of nitrogens with one attached hydrogen (secondary N) is 1. The van der Waals surface area contributed by atoms with Crippen LogP contribution in [0.25, 0.3) is 0 Å². The number of carbonyl (C=O) groups is 1. The van der Waals surface area contributed by atoms with Crippen LogP contribution in [0.3, 0.4) is 0 Å². The first kappa shape index (κ1) is 16.6. The van der Waals surface area contributed by atoms with Crippen LogP contribution >= 0.6 is 11.8 Å². The number of likely N-dealkylation sites (N-methyl/N-ethyl adjacent to an activating group) is 1. The van der Waals surface area contributed by atoms with Crippen molar-refractivity contribution in [3.05, 3.63) is 65.7 Å². The van der Waals surface area contributed by atoms with Crippen molar-refractivity contribution < 1.29 is 4.79 Å². The predicted octanol–water partition coefficient (Wildman–Crippen LogP) is 3.44. The Bertz CT molecular complexity index is 596. The molecule has 22 heavy (non-hydrogen) atoms. The molecule has 0 aliphatic rings. The van der Waals surface area contributed by atoms with Crippen molar-refractivity contribution >= 4 is 17.7 Å². The van der Waals surface area contributed by atoms with Crippen molar-refractivity contribution in [1.82, 2.24) is 10.2 Å². The summed E-state index contributed by atoms with van der Waals surface area (Å²) in [7, 11) is 4.02. The van der Waals surface area contributed by atoms with E-state index in [1.54, 1.807) is 11.8 Å². The van der Waals surface area contributed by atoms with E-state index in [0.29, 0.717) is 5.56 Å². The Labute approximate surface area is 136 Å². The number of hydrogen-bond acceptors (Lipinski definition) is 3. The summed E-state index contributed by atoms with van der Waals surface area (Å²) < 4.78 is 0. The lowest BCUT2D eigenvalue weighted by Crippen LogP contribution is -2.35. The van der Waals surface area contributed by atoms with Crippen LogP contribution in [0.4, 0.5) is 0 Å². The Kier molecular flexibility index (Phi) is 6.04. The summed E-state index contributed by atoms with van der Waals surface area (Å²) in [5, 5.41) is 3.13. The van der Waals surface area contributed by atoms with Gasteiger partial charge in [0.05, 0.1) is 6.04 Å². The van der Waals surface area contributed by atoms with Crippen LogP contribution in [-0.2, 0) is 0 Å². The molecule has 2 aromatic carbocycles. The van der Waals surface area contributed by atoms with E-state index in [4.69, 9.17) is 0 Å². The summed E-state index contributed by atoms with van der Waals surface area (Å²) in [6.45, 7) is 0.763. The maximum atomic E-state index is 12.5. The molecule has 1 atom stereocenters. The molecule has 2 aromatic rings. The summed E-state index contributed by atoms with van der Waals surface area (Å²) in [4.78, 5) is 15.7. The smallest absolute Gasteiger partial charge is 0.251 e. The van der Waals surface area contributed by atoms with E-state index in [0.717, 1.165) is 17.0 Å². The number of thioether (sulfide) groups is 1. The van der Waals surface area contributed by atoms with Crippen LogP contribution in [0, 0.1) is 0 Å². The van der Waals surface area contributed by atoms with E-state index < -0.39 is 0 Å². The second-order valence-corrected chi connectivity index (χ2v) is 6.31. The highest BCUT2D eigenvalue weighted by molar-refractivity contribution is 7.98. The average Bonchev–Trinajstić information content (AvgIpc) is 2.54. The second-order valence-electron chi connectivity index (χ2n) is 5.43. The van der Waals surface area contributed by atoms with Gasteiger partial charge in [-0.3, -0.25) is 4.79 Å². The number of hydrogen-bond donors (Lipinski definition) is 1. The van der Waals surface area contributed by atoms with Crippen LogP contribution in [-0.4, -0.2) is 37.7 Å². The third-order valence-electron chi connectivity index (χ3n) is 3.41. The van der Waals surface area contributed by atoms with Gasteiger partial charge in [0, 0.05) is 17.0 Å². The largest absolute Gasteiger partial charge is 0.344 e. The summed E-state index contributed by atoms with van der Waals surface area (Å²) in [5.74, 6) is -0.0386. The highest BCUT2D eigenvalue weighted by Crippen LogP contribution is 2.17. The zero-order valence-electron chi connectivity index (χ0n) is 13.2. The van der Waals surface area contributed by atoms with Crippen molar-refractivity contribution in [3.8, 4) is 0 Å². The third-order valence-corrected chi connectivity index (χ3v) is 4.15. The monoisotopic (exact) mass is 314 g/mol. The minimum absolute atomic E-state index is 0.0241. The molecule has 4 heteroatoms. The van der Waals surface area contributed by atoms with Gasteiger partial charge in [-0.15, -0.1) is 11.8 Å². The van der Waals surface area contributed by atoms with Crippen LogP contribution < -0.4 is 5.32 Å². The molecule has 2 rings (SSSR count). The van der Waals surface area contributed by atoms with E-state index in [2.05, 4.69) is 10.2 Å². The third kappa shape index (κ3) is 4.61. The van der Waals surface area contributed by atoms with E-state index in [1.165, 1.54) is 0 Å². The molecule has 116 valence electrons. The summed E-state index contributed by atoms with van der Waals surface area (Å²) in [5.41, 5.74) is 1.81. The molecule has 0 saturated heterocycles. The first-order valence-corrected chi connectivity index (χ1v) is 8.47. The SMILES string of the molecule is CSc1ccc(C(=O)N[C@H](CN(C)C)c2ccccc2)cc1. The standard InChI is InChI=1S/C18H22N2OS/c1-20(2)13-17(14-7-5-4-6-8-14)19-18(21)15-9-11-16(22-3)12-10-15/h4-12,17H,13H2,1-3H3,(H,19,21)/t17-/m1/s1. The van der Waals surface area contributed by atoms with E-state index in [-0.39, 0.29) is 11.9 Å². The van der Waals surface area contributed by atoms with E-state index in [1.807, 2.05) is 74.9 Å². The zero-order chi connectivity index (χ0) is 15.9. The van der Waals surface area contributed by atoms with Gasteiger partial charge in [-0.2, -0.15) is 0 Å². The number of rotatable bonds is 6. The van der Waals surface area contributed by atoms with E-state index >= 15 is 0 Å². The minimum Gasteiger partial charge on any atom is -0.344 e. The number of carbonyl (C=O) groups excluding carboxylic acids is 1. The molecule has 1 amide bonds. The van der Waals surface area contributed by atoms with Gasteiger partial charge in [0.15, 0.2) is 0 Å². The molecule has 0 unspecified atom stereocenters. The van der Waals surface area contributed by atoms with E-state index in [9.17, 15) is 4.79 Å². The highest BCUT2D eigenvalue weighted by Gasteiger charge is 2.16. The lowest BCUT2D eigenvalue weighted by Gasteiger charge is -2.23. The molecular weight excluding hydrogens is 292 g/mol. The quantitative estimate of drug-likeness (QED) is 0.829. The molecule has 0 fully saturated rings. The zero-order valence-corrected chi connectivity index (χ0v) is 14.1. The van der Waals surface area contributed by atoms with Gasteiger partial charge in [0.1, 0.15) is 0 Å². The van der Waals surface area contributed by atoms with Crippen LogP contribution in [0.1, 0.15) is 22.0 Å². The van der Waals surface area contributed by atoms with Gasteiger partial charge < -0.3 is 10.2 Å². The maximum Gasteiger partial charge on any atom is 0.251 e. The molecule has 0 aliphatic carbocycles. The van der Waals surface area contributed by atoms with Crippen molar-refractivity contribution in [2.75, 3.05) is 26.9 Å². The molecule has 0 spiro atoms. The molecule has 0 bridgehead atoms. The molecule has 0 aromatic heterocycles. The lowest BCUT2D eigenvalue weighted by molar-refractivity contribution is 0.0930. The molecule has 1 N–H and O–H groups in total. The van der Waals surface area contributed by atoms with Gasteiger partial charge in [0.25, 0.3) is 5.91 Å². The van der Waals surface area contributed by atoms with Gasteiger partial charge in [-0.05, 0) is 50.2 Å². The molecule has 0 heterocycles. The second kappa shape index (κ2) is 8.01. The molecule has 3 nitrogen and oxygen atoms in total. The Morgan fingerprint density at radius 2 is 1.73 bits per heavy atom. The predicted molar refractivity (Wildman–Crippen MR) is 93.4 cm³/mol. The normalized spacial score (nSPS) is 12.2. The van der Waals surface area contributed by atoms with Crippen LogP contribution in [0.5, 0.6) is 0 Å². The topological polar surface area (TPSA) is 32.3 Å². The molecule has 0 aliphatic heterocycles. The first-order chi connectivity index (χ1) is 10.6. The van der Waals surface area contributed by atoms with Crippen molar-refractivity contribution in [2.24, 2.45) is 0 Å². The maximum absolute atomic E-state index is 12.5. The van der Waals surface area contributed by atoms with Gasteiger partial charge >= 0.3 is 0 Å². The molecule has 0 saturated carbocycles. The van der Waals surface area contributed by atoms with Crippen LogP contribution in [0.2, 0.25) is 0 Å². The Balaban J connectivity index is 2.13. The van der Waals surface area contributed by atoms with Gasteiger partial charge in [-0.25, -0.2) is 0 Å². The highest BCUT2D eigenvalue weighted by atomic mass is 32.2. The number of nitrogens with zero attached hydrogens (tertiary/aromatic N) is 1. The average molecular weight is 314 g/mol. The number of amides is 1. The Morgan fingerprint density at radius 3 is 2.27 bits per heavy atom. The molecular formula is C18H22N2OS. The fraction of sp³-hybridized carbons (Fsp3) is 0.278. The van der Waals surface area contributed by atoms with Gasteiger partial charge in [0.2, 0.25) is 0 Å². The Morgan fingerprint density at radius 1 is 1.09 bits per heavy atom. The van der Waals surface area contributed by atoms with Gasteiger partial charge in [-0.1, -0.05) is 30.3 Å². The Hall–Kier alpha value is -1.78. The first-order valence-electron chi connectivity index (χ1n) is 7.24. The fourth-order valence-electron chi connectivity index (χ4n) is 2.27. The van der Waals surface area contributed by atoms with Crippen molar-refractivity contribution in [1.29, 1.82) is 0 Å². The van der Waals surface area contributed by atoms with Crippen LogP contribution in [0.15, 0.2) is 59.5 Å². The summed E-state index contributed by atoms with van der Waals surface area (Å²) in [6, 6.07) is 17.7. The summed E-state index contributed by atoms with van der Waals surface area (Å²) in [6.07, 6.45) is 2.03. The number of benzene rings is 2. The minimum atomic E-state index is -0.0386. The fourth-order valence-corrected chi connectivity index (χ4v) is 2.68. The van der Waals surface area contributed by atoms with Crippen molar-refractivity contribution in [3.63, 3.8) is 0 Å². The molecule has 0 radical (unpaired) electrons.